The molecule has 1 aromatic carbocycles. The SMILES string of the molecule is Cc1nn(C)c(C)c1NC(=O)CCCc1cn(C(C)C)c2ccccc12. The van der Waals surface area contributed by atoms with Crippen LogP contribution in [0, 0.1) is 13.8 Å². The summed E-state index contributed by atoms with van der Waals surface area (Å²) in [5.41, 5.74) is 5.27. The highest BCUT2D eigenvalue weighted by molar-refractivity contribution is 5.92. The van der Waals surface area contributed by atoms with Gasteiger partial charge in [0.05, 0.1) is 17.1 Å². The van der Waals surface area contributed by atoms with Crippen molar-refractivity contribution in [2.24, 2.45) is 7.05 Å². The van der Waals surface area contributed by atoms with Crippen molar-refractivity contribution in [3.05, 3.63) is 47.4 Å². The summed E-state index contributed by atoms with van der Waals surface area (Å²) in [5.74, 6) is 0.0526. The number of rotatable bonds is 6. The van der Waals surface area contributed by atoms with Crippen LogP contribution >= 0.6 is 0 Å². The van der Waals surface area contributed by atoms with Crippen LogP contribution in [0.25, 0.3) is 10.9 Å². The number of aryl methyl sites for hydroxylation is 3. The molecule has 3 rings (SSSR count). The van der Waals surface area contributed by atoms with E-state index in [1.54, 1.807) is 4.68 Å². The Morgan fingerprint density at radius 1 is 1.23 bits per heavy atom. The van der Waals surface area contributed by atoms with Crippen molar-refractivity contribution in [2.45, 2.75) is 53.0 Å². The number of nitrogens with one attached hydrogen (secondary N) is 1. The second kappa shape index (κ2) is 7.36. The third-order valence-electron chi connectivity index (χ3n) is 5.00. The Morgan fingerprint density at radius 2 is 1.96 bits per heavy atom. The van der Waals surface area contributed by atoms with Gasteiger partial charge in [-0.05, 0) is 52.2 Å². The molecule has 1 amide bonds. The van der Waals surface area contributed by atoms with Gasteiger partial charge in [0.1, 0.15) is 0 Å². The summed E-state index contributed by atoms with van der Waals surface area (Å²) in [4.78, 5) is 12.3. The van der Waals surface area contributed by atoms with E-state index in [9.17, 15) is 4.79 Å². The molecule has 0 aliphatic carbocycles. The van der Waals surface area contributed by atoms with Crippen molar-refractivity contribution in [2.75, 3.05) is 5.32 Å². The first kappa shape index (κ1) is 18.2. The number of benzene rings is 1. The molecule has 26 heavy (non-hydrogen) atoms. The lowest BCUT2D eigenvalue weighted by Crippen LogP contribution is -2.12. The van der Waals surface area contributed by atoms with Gasteiger partial charge in [-0.2, -0.15) is 5.10 Å². The Morgan fingerprint density at radius 3 is 2.62 bits per heavy atom. The summed E-state index contributed by atoms with van der Waals surface area (Å²) in [6.07, 6.45) is 4.48. The highest BCUT2D eigenvalue weighted by Crippen LogP contribution is 2.26. The molecule has 0 fully saturated rings. The Kier molecular flexibility index (Phi) is 5.16. The van der Waals surface area contributed by atoms with Crippen LogP contribution in [-0.2, 0) is 18.3 Å². The largest absolute Gasteiger partial charge is 0.345 e. The van der Waals surface area contributed by atoms with E-state index in [4.69, 9.17) is 0 Å². The van der Waals surface area contributed by atoms with Gasteiger partial charge in [0, 0.05) is 36.6 Å². The van der Waals surface area contributed by atoms with Crippen LogP contribution in [0.4, 0.5) is 5.69 Å². The molecule has 0 aliphatic heterocycles. The molecule has 0 aliphatic rings. The van der Waals surface area contributed by atoms with Gasteiger partial charge in [0.25, 0.3) is 0 Å². The molecule has 0 saturated heterocycles. The van der Waals surface area contributed by atoms with Crippen molar-refractivity contribution in [3.8, 4) is 0 Å². The third kappa shape index (κ3) is 3.52. The second-order valence-corrected chi connectivity index (χ2v) is 7.24. The molecule has 1 N–H and O–H groups in total. The topological polar surface area (TPSA) is 51.9 Å². The fraction of sp³-hybridized carbons (Fsp3) is 0.429. The zero-order valence-corrected chi connectivity index (χ0v) is 16.3. The van der Waals surface area contributed by atoms with Crippen molar-refractivity contribution in [1.82, 2.24) is 14.3 Å². The minimum Gasteiger partial charge on any atom is -0.345 e. The average molecular weight is 352 g/mol. The molecule has 138 valence electrons. The first-order valence-electron chi connectivity index (χ1n) is 9.27. The molecule has 3 aromatic rings. The van der Waals surface area contributed by atoms with Crippen LogP contribution in [0.3, 0.4) is 0 Å². The molecular formula is C21H28N4O. The summed E-state index contributed by atoms with van der Waals surface area (Å²) in [6, 6.07) is 8.92. The van der Waals surface area contributed by atoms with E-state index in [0.29, 0.717) is 12.5 Å². The minimum atomic E-state index is 0.0526. The maximum absolute atomic E-state index is 12.3. The first-order chi connectivity index (χ1) is 12.4. The zero-order chi connectivity index (χ0) is 18.8. The summed E-state index contributed by atoms with van der Waals surface area (Å²) in [6.45, 7) is 8.28. The van der Waals surface area contributed by atoms with E-state index >= 15 is 0 Å². The monoisotopic (exact) mass is 352 g/mol. The van der Waals surface area contributed by atoms with E-state index in [-0.39, 0.29) is 5.91 Å². The quantitative estimate of drug-likeness (QED) is 0.708. The number of hydrogen-bond donors (Lipinski definition) is 1. The van der Waals surface area contributed by atoms with Gasteiger partial charge in [-0.25, -0.2) is 0 Å². The zero-order valence-electron chi connectivity index (χ0n) is 16.3. The fourth-order valence-corrected chi connectivity index (χ4v) is 3.50. The number of para-hydroxylation sites is 1. The molecule has 2 aromatic heterocycles. The number of carbonyl (C=O) groups is 1. The number of hydrogen-bond acceptors (Lipinski definition) is 2. The van der Waals surface area contributed by atoms with E-state index in [1.165, 1.54) is 16.5 Å². The molecule has 5 heteroatoms. The summed E-state index contributed by atoms with van der Waals surface area (Å²) >= 11 is 0. The van der Waals surface area contributed by atoms with Crippen LogP contribution < -0.4 is 5.32 Å². The Balaban J connectivity index is 1.65. The second-order valence-electron chi connectivity index (χ2n) is 7.24. The smallest absolute Gasteiger partial charge is 0.224 e. The number of fused-ring (bicyclic) bond motifs is 1. The lowest BCUT2D eigenvalue weighted by molar-refractivity contribution is -0.116. The Bertz CT molecular complexity index is 933. The molecule has 0 saturated carbocycles. The number of anilines is 1. The van der Waals surface area contributed by atoms with Crippen molar-refractivity contribution in [1.29, 1.82) is 0 Å². The van der Waals surface area contributed by atoms with Crippen LogP contribution in [0.5, 0.6) is 0 Å². The maximum atomic E-state index is 12.3. The van der Waals surface area contributed by atoms with E-state index in [1.807, 2.05) is 20.9 Å². The number of carbonyl (C=O) groups excluding carboxylic acids is 1. The number of amides is 1. The minimum absolute atomic E-state index is 0.0526. The highest BCUT2D eigenvalue weighted by Gasteiger charge is 2.13. The van der Waals surface area contributed by atoms with Crippen LogP contribution in [-0.4, -0.2) is 20.3 Å². The van der Waals surface area contributed by atoms with Gasteiger partial charge < -0.3 is 9.88 Å². The van der Waals surface area contributed by atoms with Crippen LogP contribution in [0.15, 0.2) is 30.5 Å². The Hall–Kier alpha value is -2.56. The lowest BCUT2D eigenvalue weighted by Gasteiger charge is -2.08. The summed E-state index contributed by atoms with van der Waals surface area (Å²) in [7, 11) is 1.89. The fourth-order valence-electron chi connectivity index (χ4n) is 3.50. The normalized spacial score (nSPS) is 11.5. The third-order valence-corrected chi connectivity index (χ3v) is 5.00. The predicted octanol–water partition coefficient (Wildman–Crippen LogP) is 4.53. The average Bonchev–Trinajstić information content (AvgIpc) is 3.08. The maximum Gasteiger partial charge on any atom is 0.224 e. The van der Waals surface area contributed by atoms with E-state index < -0.39 is 0 Å². The van der Waals surface area contributed by atoms with E-state index in [2.05, 4.69) is 59.3 Å². The van der Waals surface area contributed by atoms with Gasteiger partial charge in [-0.3, -0.25) is 9.48 Å². The molecule has 0 spiro atoms. The van der Waals surface area contributed by atoms with Gasteiger partial charge >= 0.3 is 0 Å². The molecule has 0 atom stereocenters. The van der Waals surface area contributed by atoms with Crippen molar-refractivity contribution >= 4 is 22.5 Å². The van der Waals surface area contributed by atoms with Gasteiger partial charge in [-0.1, -0.05) is 18.2 Å². The standard InChI is InChI=1S/C21H28N4O/c1-14(2)25-13-17(18-10-6-7-11-19(18)25)9-8-12-20(26)22-21-15(3)23-24(5)16(21)4/h6-7,10-11,13-14H,8-9,12H2,1-5H3,(H,22,26). The Labute approximate surface area is 155 Å². The van der Waals surface area contributed by atoms with Gasteiger partial charge in [0.2, 0.25) is 5.91 Å². The summed E-state index contributed by atoms with van der Waals surface area (Å²) < 4.78 is 4.11. The van der Waals surface area contributed by atoms with Crippen LogP contribution in [0.2, 0.25) is 0 Å². The molecule has 0 unspecified atom stereocenters. The predicted molar refractivity (Wildman–Crippen MR) is 107 cm³/mol. The lowest BCUT2D eigenvalue weighted by atomic mass is 10.1. The van der Waals surface area contributed by atoms with Crippen LogP contribution in [0.1, 0.15) is 49.7 Å². The van der Waals surface area contributed by atoms with Gasteiger partial charge in [-0.15, -0.1) is 0 Å². The van der Waals surface area contributed by atoms with Crippen molar-refractivity contribution < 1.29 is 4.79 Å². The molecule has 2 heterocycles. The highest BCUT2D eigenvalue weighted by atomic mass is 16.1. The molecule has 0 radical (unpaired) electrons. The molecule has 5 nitrogen and oxygen atoms in total. The molecule has 0 bridgehead atoms. The van der Waals surface area contributed by atoms with E-state index in [0.717, 1.165) is 29.9 Å². The number of nitrogens with zero attached hydrogens (tertiary/aromatic N) is 3. The van der Waals surface area contributed by atoms with Gasteiger partial charge in [0.15, 0.2) is 0 Å². The molecular weight excluding hydrogens is 324 g/mol. The van der Waals surface area contributed by atoms with Crippen molar-refractivity contribution in [3.63, 3.8) is 0 Å². The number of aromatic nitrogens is 3. The summed E-state index contributed by atoms with van der Waals surface area (Å²) in [5, 5.41) is 8.65. The first-order valence-corrected chi connectivity index (χ1v) is 9.27.